The number of rotatable bonds is 1. The quantitative estimate of drug-likeness (QED) is 0.521. The van der Waals surface area contributed by atoms with Crippen LogP contribution in [0.3, 0.4) is 0 Å². The van der Waals surface area contributed by atoms with Crippen LogP contribution in [0.25, 0.3) is 21.8 Å². The average molecular weight is 379 g/mol. The summed E-state index contributed by atoms with van der Waals surface area (Å²) in [6, 6.07) is 12.4. The van der Waals surface area contributed by atoms with Crippen molar-refractivity contribution in [2.24, 2.45) is 5.41 Å². The Balaban J connectivity index is 1.79. The van der Waals surface area contributed by atoms with Gasteiger partial charge in [0.2, 0.25) is 0 Å². The second-order valence-electron chi connectivity index (χ2n) is 8.98. The van der Waals surface area contributed by atoms with E-state index in [1.165, 1.54) is 6.92 Å². The number of aliphatic carboxylic acids is 1. The van der Waals surface area contributed by atoms with Crippen molar-refractivity contribution in [1.82, 2.24) is 4.98 Å². The van der Waals surface area contributed by atoms with Crippen molar-refractivity contribution >= 4 is 27.8 Å². The number of hydrogen-bond acceptors (Lipinski definition) is 3. The van der Waals surface area contributed by atoms with Crippen molar-refractivity contribution < 1.29 is 20.1 Å². The van der Waals surface area contributed by atoms with E-state index in [2.05, 4.69) is 23.2 Å². The number of aliphatic hydroxyl groups is 2. The van der Waals surface area contributed by atoms with Crippen LogP contribution in [0, 0.1) is 5.41 Å². The lowest BCUT2D eigenvalue weighted by Gasteiger charge is -2.61. The number of carboxylic acids is 1. The summed E-state index contributed by atoms with van der Waals surface area (Å²) >= 11 is 0. The number of para-hydroxylation sites is 1. The van der Waals surface area contributed by atoms with Gasteiger partial charge < -0.3 is 20.3 Å². The highest BCUT2D eigenvalue weighted by Gasteiger charge is 2.68. The highest BCUT2D eigenvalue weighted by Crippen LogP contribution is 2.60. The smallest absolute Gasteiger partial charge is 0.314 e. The predicted molar refractivity (Wildman–Crippen MR) is 107 cm³/mol. The lowest BCUT2D eigenvalue weighted by atomic mass is 9.46. The fourth-order valence-corrected chi connectivity index (χ4v) is 5.96. The van der Waals surface area contributed by atoms with Crippen LogP contribution in [0.15, 0.2) is 36.4 Å². The average Bonchev–Trinajstić information content (AvgIpc) is 3.04. The molecule has 0 unspecified atom stereocenters. The molecule has 0 aliphatic heterocycles. The van der Waals surface area contributed by atoms with E-state index in [4.69, 9.17) is 0 Å². The topological polar surface area (TPSA) is 93.6 Å². The van der Waals surface area contributed by atoms with Crippen LogP contribution in [0.2, 0.25) is 0 Å². The second kappa shape index (κ2) is 5.37. The molecular weight excluding hydrogens is 354 g/mol. The second-order valence-corrected chi connectivity index (χ2v) is 8.98. The van der Waals surface area contributed by atoms with Gasteiger partial charge in [-0.05, 0) is 61.9 Å². The van der Waals surface area contributed by atoms with Gasteiger partial charge in [-0.1, -0.05) is 25.1 Å². The van der Waals surface area contributed by atoms with E-state index >= 15 is 0 Å². The van der Waals surface area contributed by atoms with E-state index in [1.807, 2.05) is 25.1 Å². The maximum Gasteiger partial charge on any atom is 0.314 e. The standard InChI is InChI=1S/C23H25NO4/c1-21-9-8-19(25)22(2,20(26)27)23(21,28)10-7-13-11-18-15(12-16(13)21)14-5-3-4-6-17(14)24-18/h3-6,11-12,19,24-25,28H,7-10H2,1-2H3,(H,26,27)/t19-,21+,22-,23-/m0/s1. The van der Waals surface area contributed by atoms with Crippen molar-refractivity contribution in [2.75, 3.05) is 0 Å². The minimum atomic E-state index is -1.60. The molecule has 5 rings (SSSR count). The molecule has 5 heteroatoms. The number of aromatic nitrogens is 1. The summed E-state index contributed by atoms with van der Waals surface area (Å²) in [4.78, 5) is 15.7. The van der Waals surface area contributed by atoms with Gasteiger partial charge in [0.05, 0.1) is 11.7 Å². The molecule has 2 aliphatic carbocycles. The normalized spacial score (nSPS) is 34.9. The third kappa shape index (κ3) is 1.86. The van der Waals surface area contributed by atoms with E-state index < -0.39 is 28.5 Å². The third-order valence-corrected chi connectivity index (χ3v) is 7.88. The number of carbonyl (C=O) groups is 1. The third-order valence-electron chi connectivity index (χ3n) is 7.88. The van der Waals surface area contributed by atoms with Gasteiger partial charge in [-0.3, -0.25) is 4.79 Å². The van der Waals surface area contributed by atoms with Crippen LogP contribution in [0.1, 0.15) is 44.2 Å². The molecule has 0 spiro atoms. The summed E-state index contributed by atoms with van der Waals surface area (Å²) in [5.74, 6) is -1.13. The van der Waals surface area contributed by atoms with E-state index in [9.17, 15) is 20.1 Å². The monoisotopic (exact) mass is 379 g/mol. The van der Waals surface area contributed by atoms with Crippen LogP contribution in [0.5, 0.6) is 0 Å². The van der Waals surface area contributed by atoms with E-state index in [1.54, 1.807) is 0 Å². The van der Waals surface area contributed by atoms with Gasteiger partial charge in [-0.2, -0.15) is 0 Å². The van der Waals surface area contributed by atoms with Crippen LogP contribution in [-0.4, -0.2) is 38.0 Å². The molecule has 5 nitrogen and oxygen atoms in total. The molecule has 28 heavy (non-hydrogen) atoms. The number of H-pyrrole nitrogens is 1. The van der Waals surface area contributed by atoms with Crippen molar-refractivity contribution in [3.63, 3.8) is 0 Å². The van der Waals surface area contributed by atoms with Crippen molar-refractivity contribution in [3.05, 3.63) is 47.5 Å². The molecule has 1 saturated carbocycles. The Labute approximate surface area is 163 Å². The maximum atomic E-state index is 12.2. The Morgan fingerprint density at radius 2 is 1.86 bits per heavy atom. The van der Waals surface area contributed by atoms with Gasteiger partial charge in [-0.25, -0.2) is 0 Å². The van der Waals surface area contributed by atoms with Crippen LogP contribution in [-0.2, 0) is 16.6 Å². The zero-order valence-corrected chi connectivity index (χ0v) is 16.1. The summed E-state index contributed by atoms with van der Waals surface area (Å²) in [5, 5.41) is 34.6. The fourth-order valence-electron chi connectivity index (χ4n) is 5.96. The number of aryl methyl sites for hydroxylation is 1. The van der Waals surface area contributed by atoms with E-state index in [0.29, 0.717) is 25.7 Å². The minimum absolute atomic E-state index is 0.322. The molecule has 3 aromatic rings. The first kappa shape index (κ1) is 17.7. The molecule has 1 fully saturated rings. The first-order valence-corrected chi connectivity index (χ1v) is 9.90. The van der Waals surface area contributed by atoms with Crippen molar-refractivity contribution in [2.45, 2.75) is 56.7 Å². The maximum absolute atomic E-state index is 12.2. The highest BCUT2D eigenvalue weighted by molar-refractivity contribution is 6.07. The molecule has 0 saturated heterocycles. The number of benzene rings is 2. The Hall–Kier alpha value is -2.37. The van der Waals surface area contributed by atoms with Gasteiger partial charge in [0.25, 0.3) is 0 Å². The Morgan fingerprint density at radius 1 is 1.11 bits per heavy atom. The summed E-state index contributed by atoms with van der Waals surface area (Å²) in [7, 11) is 0. The molecule has 1 heterocycles. The molecule has 0 radical (unpaired) electrons. The lowest BCUT2D eigenvalue weighted by Crippen LogP contribution is -2.71. The molecule has 1 aromatic heterocycles. The lowest BCUT2D eigenvalue weighted by molar-refractivity contribution is -0.223. The number of aliphatic hydroxyl groups excluding tert-OH is 1. The zero-order chi connectivity index (χ0) is 19.9. The van der Waals surface area contributed by atoms with E-state index in [-0.39, 0.29) is 0 Å². The van der Waals surface area contributed by atoms with Gasteiger partial charge in [0.15, 0.2) is 0 Å². The largest absolute Gasteiger partial charge is 0.481 e. The molecule has 4 atom stereocenters. The summed E-state index contributed by atoms with van der Waals surface area (Å²) in [6.45, 7) is 3.48. The van der Waals surface area contributed by atoms with E-state index in [0.717, 1.165) is 32.9 Å². The molecule has 0 bridgehead atoms. The van der Waals surface area contributed by atoms with Crippen molar-refractivity contribution in [1.29, 1.82) is 0 Å². The Morgan fingerprint density at radius 3 is 2.61 bits per heavy atom. The predicted octanol–water partition coefficient (Wildman–Crippen LogP) is 3.50. The van der Waals surface area contributed by atoms with Crippen LogP contribution in [0.4, 0.5) is 0 Å². The van der Waals surface area contributed by atoms with Crippen molar-refractivity contribution in [3.8, 4) is 0 Å². The van der Waals surface area contributed by atoms with Crippen LogP contribution < -0.4 is 0 Å². The molecule has 146 valence electrons. The van der Waals surface area contributed by atoms with Gasteiger partial charge in [-0.15, -0.1) is 0 Å². The summed E-state index contributed by atoms with van der Waals surface area (Å²) in [5.41, 5.74) is 0.427. The minimum Gasteiger partial charge on any atom is -0.481 e. The first-order chi connectivity index (χ1) is 13.2. The zero-order valence-electron chi connectivity index (χ0n) is 16.1. The molecular formula is C23H25NO4. The molecule has 2 aliphatic rings. The summed E-state index contributed by atoms with van der Waals surface area (Å²) < 4.78 is 0. The van der Waals surface area contributed by atoms with Gasteiger partial charge in [0, 0.05) is 27.2 Å². The number of carboxylic acid groups (broad SMARTS) is 1. The fraction of sp³-hybridized carbons (Fsp3) is 0.435. The van der Waals surface area contributed by atoms with Gasteiger partial charge >= 0.3 is 5.97 Å². The summed E-state index contributed by atoms with van der Waals surface area (Å²) in [6.07, 6.45) is 0.743. The van der Waals surface area contributed by atoms with Gasteiger partial charge in [0.1, 0.15) is 5.41 Å². The SMILES string of the molecule is C[C@]12CC[C@H](O)[C@@](C)(C(=O)O)[C@]1(O)CCc1cc3[nH]c4ccccc4c3cc12. The first-order valence-electron chi connectivity index (χ1n) is 9.90. The highest BCUT2D eigenvalue weighted by atomic mass is 16.4. The number of nitrogens with one attached hydrogen (secondary N) is 1. The number of fused-ring (bicyclic) bond motifs is 6. The Bertz CT molecular complexity index is 1130. The molecule has 4 N–H and O–H groups in total. The number of aromatic amines is 1. The molecule has 0 amide bonds. The van der Waals surface area contributed by atoms with Crippen LogP contribution >= 0.6 is 0 Å². The molecule has 2 aromatic carbocycles. The number of hydrogen-bond donors (Lipinski definition) is 4. The Kier molecular flexibility index (Phi) is 3.39.